The summed E-state index contributed by atoms with van der Waals surface area (Å²) in [5.41, 5.74) is 2.22. The van der Waals surface area contributed by atoms with Crippen LogP contribution in [0.15, 0.2) is 52.1 Å². The number of nitrogens with one attached hydrogen (secondary N) is 1. The second kappa shape index (κ2) is 8.67. The van der Waals surface area contributed by atoms with Crippen LogP contribution in [0.4, 0.5) is 10.1 Å². The zero-order valence-electron chi connectivity index (χ0n) is 14.9. The number of thioether (sulfide) groups is 1. The van der Waals surface area contributed by atoms with Crippen LogP contribution in [0.2, 0.25) is 0 Å². The van der Waals surface area contributed by atoms with E-state index in [2.05, 4.69) is 31.4 Å². The highest BCUT2D eigenvalue weighted by molar-refractivity contribution is 9.10. The third-order valence-corrected chi connectivity index (χ3v) is 5.50. The summed E-state index contributed by atoms with van der Waals surface area (Å²) in [5.74, 6) is 0.135. The lowest BCUT2D eigenvalue weighted by Crippen LogP contribution is -2.15. The molecule has 0 radical (unpaired) electrons. The molecule has 3 aromatic rings. The summed E-state index contributed by atoms with van der Waals surface area (Å²) >= 11 is 4.72. The van der Waals surface area contributed by atoms with Crippen LogP contribution >= 0.6 is 27.7 Å². The molecule has 0 aliphatic rings. The maximum Gasteiger partial charge on any atom is 0.234 e. The van der Waals surface area contributed by atoms with E-state index in [9.17, 15) is 9.18 Å². The molecule has 27 heavy (non-hydrogen) atoms. The first kappa shape index (κ1) is 19.6. The molecular weight excluding hydrogens is 431 g/mol. The maximum absolute atomic E-state index is 14.1. The summed E-state index contributed by atoms with van der Waals surface area (Å²) in [6.07, 6.45) is 0. The topological polar surface area (TPSA) is 59.8 Å². The van der Waals surface area contributed by atoms with Gasteiger partial charge in [0, 0.05) is 11.0 Å². The first-order valence-corrected chi connectivity index (χ1v) is 10.1. The number of amides is 1. The molecular formula is C19H18BrFN4OS. The van der Waals surface area contributed by atoms with E-state index in [0.717, 1.165) is 15.7 Å². The van der Waals surface area contributed by atoms with Crippen LogP contribution in [0.5, 0.6) is 0 Å². The second-order valence-electron chi connectivity index (χ2n) is 5.85. The molecule has 1 aromatic heterocycles. The van der Waals surface area contributed by atoms with Crippen LogP contribution in [0.25, 0.3) is 11.4 Å². The van der Waals surface area contributed by atoms with Gasteiger partial charge in [0.1, 0.15) is 5.82 Å². The fourth-order valence-electron chi connectivity index (χ4n) is 2.56. The van der Waals surface area contributed by atoms with Gasteiger partial charge in [-0.3, -0.25) is 4.79 Å². The summed E-state index contributed by atoms with van der Waals surface area (Å²) in [5, 5.41) is 11.7. The fraction of sp³-hybridized carbons (Fsp3) is 0.211. The van der Waals surface area contributed by atoms with Gasteiger partial charge in [-0.2, -0.15) is 0 Å². The molecule has 0 unspecified atom stereocenters. The van der Waals surface area contributed by atoms with Gasteiger partial charge in [0.05, 0.1) is 17.0 Å². The van der Waals surface area contributed by atoms with Crippen LogP contribution in [-0.4, -0.2) is 26.4 Å². The van der Waals surface area contributed by atoms with Crippen molar-refractivity contribution in [3.05, 3.63) is 58.3 Å². The average molecular weight is 449 g/mol. The SMILES string of the molecule is CCn1c(SCC(=O)Nc2ccc(C)cc2Br)nnc1-c1ccccc1F. The Morgan fingerprint density at radius 1 is 1.26 bits per heavy atom. The monoisotopic (exact) mass is 448 g/mol. The van der Waals surface area contributed by atoms with Crippen molar-refractivity contribution in [1.82, 2.24) is 14.8 Å². The minimum Gasteiger partial charge on any atom is -0.324 e. The highest BCUT2D eigenvalue weighted by Crippen LogP contribution is 2.27. The van der Waals surface area contributed by atoms with Crippen LogP contribution < -0.4 is 5.32 Å². The van der Waals surface area contributed by atoms with Gasteiger partial charge in [0.25, 0.3) is 0 Å². The van der Waals surface area contributed by atoms with Crippen molar-refractivity contribution in [3.8, 4) is 11.4 Å². The molecule has 0 bridgehead atoms. The molecule has 0 aliphatic heterocycles. The number of carbonyl (C=O) groups is 1. The van der Waals surface area contributed by atoms with E-state index in [1.807, 2.05) is 32.0 Å². The highest BCUT2D eigenvalue weighted by Gasteiger charge is 2.17. The predicted molar refractivity (Wildman–Crippen MR) is 109 cm³/mol. The van der Waals surface area contributed by atoms with Crippen LogP contribution in [0, 0.1) is 12.7 Å². The van der Waals surface area contributed by atoms with Gasteiger partial charge in [-0.25, -0.2) is 4.39 Å². The zero-order valence-corrected chi connectivity index (χ0v) is 17.3. The smallest absolute Gasteiger partial charge is 0.234 e. The lowest BCUT2D eigenvalue weighted by molar-refractivity contribution is -0.113. The Hall–Kier alpha value is -2.19. The van der Waals surface area contributed by atoms with Gasteiger partial charge in [-0.15, -0.1) is 10.2 Å². The van der Waals surface area contributed by atoms with Crippen molar-refractivity contribution in [3.63, 3.8) is 0 Å². The number of aryl methyl sites for hydroxylation is 1. The molecule has 3 rings (SSSR count). The maximum atomic E-state index is 14.1. The number of rotatable bonds is 6. The minimum absolute atomic E-state index is 0.150. The molecule has 0 saturated carbocycles. The number of aromatic nitrogens is 3. The van der Waals surface area contributed by atoms with E-state index in [-0.39, 0.29) is 17.5 Å². The number of carbonyl (C=O) groups excluding carboxylic acids is 1. The largest absolute Gasteiger partial charge is 0.324 e. The number of anilines is 1. The van der Waals surface area contributed by atoms with Crippen molar-refractivity contribution in [2.24, 2.45) is 0 Å². The van der Waals surface area contributed by atoms with E-state index in [1.54, 1.807) is 22.8 Å². The molecule has 0 fully saturated rings. The summed E-state index contributed by atoms with van der Waals surface area (Å²) < 4.78 is 16.7. The van der Waals surface area contributed by atoms with Gasteiger partial charge in [0.15, 0.2) is 11.0 Å². The summed E-state index contributed by atoms with van der Waals surface area (Å²) in [7, 11) is 0. The van der Waals surface area contributed by atoms with E-state index in [1.165, 1.54) is 17.8 Å². The Kier molecular flexibility index (Phi) is 6.28. The Labute approximate surface area is 169 Å². The third-order valence-electron chi connectivity index (χ3n) is 3.88. The molecule has 1 N–H and O–H groups in total. The molecule has 0 atom stereocenters. The van der Waals surface area contributed by atoms with Crippen LogP contribution in [0.3, 0.4) is 0 Å². The van der Waals surface area contributed by atoms with Crippen molar-refractivity contribution < 1.29 is 9.18 Å². The number of hydrogen-bond donors (Lipinski definition) is 1. The van der Waals surface area contributed by atoms with Crippen molar-refractivity contribution in [2.75, 3.05) is 11.1 Å². The number of halogens is 2. The van der Waals surface area contributed by atoms with Gasteiger partial charge >= 0.3 is 0 Å². The Morgan fingerprint density at radius 3 is 2.74 bits per heavy atom. The molecule has 1 heterocycles. The summed E-state index contributed by atoms with van der Waals surface area (Å²) in [6, 6.07) is 12.2. The second-order valence-corrected chi connectivity index (χ2v) is 7.65. The number of benzene rings is 2. The van der Waals surface area contributed by atoms with Crippen molar-refractivity contribution in [2.45, 2.75) is 25.5 Å². The molecule has 0 spiro atoms. The molecule has 1 amide bonds. The number of nitrogens with zero attached hydrogens (tertiary/aromatic N) is 3. The van der Waals surface area contributed by atoms with E-state index in [4.69, 9.17) is 0 Å². The van der Waals surface area contributed by atoms with Gasteiger partial charge < -0.3 is 9.88 Å². The molecule has 2 aromatic carbocycles. The van der Waals surface area contributed by atoms with E-state index in [0.29, 0.717) is 23.1 Å². The Balaban J connectivity index is 1.71. The van der Waals surface area contributed by atoms with Gasteiger partial charge in [0.2, 0.25) is 5.91 Å². The minimum atomic E-state index is -0.349. The van der Waals surface area contributed by atoms with E-state index >= 15 is 0 Å². The summed E-state index contributed by atoms with van der Waals surface area (Å²) in [6.45, 7) is 4.49. The van der Waals surface area contributed by atoms with Crippen molar-refractivity contribution in [1.29, 1.82) is 0 Å². The average Bonchev–Trinajstić information content (AvgIpc) is 3.05. The molecule has 140 valence electrons. The molecule has 0 aliphatic carbocycles. The predicted octanol–water partition coefficient (Wildman–Crippen LogP) is 4.91. The quantitative estimate of drug-likeness (QED) is 0.544. The third kappa shape index (κ3) is 4.56. The molecule has 8 heteroatoms. The first-order chi connectivity index (χ1) is 13.0. The normalized spacial score (nSPS) is 10.8. The highest BCUT2D eigenvalue weighted by atomic mass is 79.9. The molecule has 0 saturated heterocycles. The lowest BCUT2D eigenvalue weighted by atomic mass is 10.2. The molecule has 5 nitrogen and oxygen atoms in total. The first-order valence-electron chi connectivity index (χ1n) is 8.36. The fourth-order valence-corrected chi connectivity index (χ4v) is 3.95. The Morgan fingerprint density at radius 2 is 2.04 bits per heavy atom. The van der Waals surface area contributed by atoms with E-state index < -0.39 is 0 Å². The van der Waals surface area contributed by atoms with Crippen molar-refractivity contribution >= 4 is 39.3 Å². The van der Waals surface area contributed by atoms with Crippen LogP contribution in [0.1, 0.15) is 12.5 Å². The number of hydrogen-bond acceptors (Lipinski definition) is 4. The Bertz CT molecular complexity index is 976. The summed E-state index contributed by atoms with van der Waals surface area (Å²) in [4.78, 5) is 12.3. The van der Waals surface area contributed by atoms with Gasteiger partial charge in [-0.1, -0.05) is 30.0 Å². The zero-order chi connectivity index (χ0) is 19.4. The van der Waals surface area contributed by atoms with Gasteiger partial charge in [-0.05, 0) is 59.6 Å². The standard InChI is InChI=1S/C19H18BrFN4OS/c1-3-25-18(13-6-4-5-7-15(13)21)23-24-19(25)27-11-17(26)22-16-9-8-12(2)10-14(16)20/h4-10H,3,11H2,1-2H3,(H,22,26). The lowest BCUT2D eigenvalue weighted by Gasteiger charge is -2.09. The van der Waals surface area contributed by atoms with Crippen LogP contribution in [-0.2, 0) is 11.3 Å².